The molecule has 0 aliphatic carbocycles. The number of hydrogen-bond acceptors (Lipinski definition) is 4. The van der Waals surface area contributed by atoms with E-state index < -0.39 is 0 Å². The predicted octanol–water partition coefficient (Wildman–Crippen LogP) is 1.42. The van der Waals surface area contributed by atoms with Crippen LogP contribution < -0.4 is 16.6 Å². The van der Waals surface area contributed by atoms with Gasteiger partial charge in [-0.2, -0.15) is 0 Å². The molecule has 106 valence electrons. The molecule has 0 unspecified atom stereocenters. The van der Waals surface area contributed by atoms with E-state index in [1.54, 1.807) is 18.8 Å². The van der Waals surface area contributed by atoms with Crippen LogP contribution in [0.15, 0.2) is 44.8 Å². The molecule has 0 amide bonds. The first-order valence-corrected chi connectivity index (χ1v) is 7.39. The number of thioether (sulfide) groups is 1. The summed E-state index contributed by atoms with van der Waals surface area (Å²) in [6, 6.07) is 9.47. The first-order chi connectivity index (χ1) is 9.52. The normalized spacial score (nSPS) is 10.6. The number of hydrogen-bond donors (Lipinski definition) is 1. The largest absolute Gasteiger partial charge is 0.379 e. The van der Waals surface area contributed by atoms with Crippen LogP contribution in [0, 0.1) is 0 Å². The number of rotatable bonds is 4. The highest BCUT2D eigenvalue weighted by Gasteiger charge is 2.05. The quantitative estimate of drug-likeness (QED) is 0.866. The first kappa shape index (κ1) is 14.5. The van der Waals surface area contributed by atoms with Gasteiger partial charge < -0.3 is 5.32 Å². The minimum Gasteiger partial charge on any atom is -0.379 e. The molecule has 20 heavy (non-hydrogen) atoms. The Labute approximate surface area is 121 Å². The summed E-state index contributed by atoms with van der Waals surface area (Å²) < 4.78 is 2.57. The maximum absolute atomic E-state index is 11.8. The summed E-state index contributed by atoms with van der Waals surface area (Å²) in [5.41, 5.74) is 1.02. The minimum atomic E-state index is -0.313. The molecule has 5 nitrogen and oxygen atoms in total. The summed E-state index contributed by atoms with van der Waals surface area (Å²) in [5.74, 6) is 0. The van der Waals surface area contributed by atoms with Crippen LogP contribution in [0.3, 0.4) is 0 Å². The standard InChI is InChI=1S/C14H17N3O2S/c1-16-11(8-13(18)17(2)14(16)19)9-15-10-5-4-6-12(7-10)20-3/h4-8,15H,9H2,1-3H3. The molecule has 0 spiro atoms. The Kier molecular flexibility index (Phi) is 4.34. The van der Waals surface area contributed by atoms with Crippen LogP contribution in [0.2, 0.25) is 0 Å². The van der Waals surface area contributed by atoms with Crippen molar-refractivity contribution in [1.29, 1.82) is 0 Å². The summed E-state index contributed by atoms with van der Waals surface area (Å²) in [6.07, 6.45) is 2.02. The molecule has 0 bridgehead atoms. The topological polar surface area (TPSA) is 56.0 Å². The van der Waals surface area contributed by atoms with Crippen molar-refractivity contribution in [3.8, 4) is 0 Å². The lowest BCUT2D eigenvalue weighted by Gasteiger charge is -2.11. The van der Waals surface area contributed by atoms with Crippen molar-refractivity contribution in [2.45, 2.75) is 11.4 Å². The number of nitrogens with zero attached hydrogens (tertiary/aromatic N) is 2. The minimum absolute atomic E-state index is 0.289. The molecule has 2 rings (SSSR count). The van der Waals surface area contributed by atoms with Gasteiger partial charge in [-0.05, 0) is 24.5 Å². The van der Waals surface area contributed by atoms with Crippen LogP contribution in [0.4, 0.5) is 5.69 Å². The lowest BCUT2D eigenvalue weighted by atomic mass is 10.3. The highest BCUT2D eigenvalue weighted by atomic mass is 32.2. The maximum Gasteiger partial charge on any atom is 0.330 e. The first-order valence-electron chi connectivity index (χ1n) is 6.17. The van der Waals surface area contributed by atoms with Crippen LogP contribution in [0.1, 0.15) is 5.69 Å². The third-order valence-electron chi connectivity index (χ3n) is 3.17. The zero-order valence-electron chi connectivity index (χ0n) is 11.7. The Morgan fingerprint density at radius 1 is 1.15 bits per heavy atom. The van der Waals surface area contributed by atoms with Crippen molar-refractivity contribution < 1.29 is 0 Å². The molecular weight excluding hydrogens is 274 g/mol. The summed E-state index contributed by atoms with van der Waals surface area (Å²) in [4.78, 5) is 24.6. The SMILES string of the molecule is CSc1cccc(NCc2cc(=O)n(C)c(=O)n2C)c1. The van der Waals surface area contributed by atoms with E-state index in [1.165, 1.54) is 17.7 Å². The Balaban J connectivity index is 2.23. The van der Waals surface area contributed by atoms with Crippen LogP contribution in [-0.4, -0.2) is 15.4 Å². The van der Waals surface area contributed by atoms with Gasteiger partial charge in [0.1, 0.15) is 0 Å². The van der Waals surface area contributed by atoms with E-state index >= 15 is 0 Å². The van der Waals surface area contributed by atoms with E-state index in [4.69, 9.17) is 0 Å². The van der Waals surface area contributed by atoms with Crippen molar-refractivity contribution in [1.82, 2.24) is 9.13 Å². The lowest BCUT2D eigenvalue weighted by Crippen LogP contribution is -2.38. The van der Waals surface area contributed by atoms with Gasteiger partial charge in [0.2, 0.25) is 0 Å². The molecule has 0 aliphatic rings. The van der Waals surface area contributed by atoms with Crippen LogP contribution in [-0.2, 0) is 20.6 Å². The molecule has 0 aliphatic heterocycles. The monoisotopic (exact) mass is 291 g/mol. The maximum atomic E-state index is 11.8. The molecule has 0 radical (unpaired) electrons. The second-order valence-electron chi connectivity index (χ2n) is 4.46. The van der Waals surface area contributed by atoms with E-state index in [1.807, 2.05) is 30.5 Å². The molecule has 0 saturated carbocycles. The van der Waals surface area contributed by atoms with Gasteiger partial charge in [0.05, 0.1) is 6.54 Å². The molecule has 1 aromatic carbocycles. The van der Waals surface area contributed by atoms with Gasteiger partial charge >= 0.3 is 5.69 Å². The summed E-state index contributed by atoms with van der Waals surface area (Å²) in [6.45, 7) is 0.430. The van der Waals surface area contributed by atoms with Gasteiger partial charge in [0, 0.05) is 36.4 Å². The van der Waals surface area contributed by atoms with Gasteiger partial charge in [-0.15, -0.1) is 11.8 Å². The Morgan fingerprint density at radius 3 is 2.60 bits per heavy atom. The van der Waals surface area contributed by atoms with Crippen molar-refractivity contribution >= 4 is 17.4 Å². The molecule has 0 atom stereocenters. The van der Waals surface area contributed by atoms with Gasteiger partial charge in [-0.25, -0.2) is 4.79 Å². The number of benzene rings is 1. The van der Waals surface area contributed by atoms with E-state index in [0.29, 0.717) is 12.2 Å². The van der Waals surface area contributed by atoms with E-state index in [-0.39, 0.29) is 11.2 Å². The molecule has 6 heteroatoms. The highest BCUT2D eigenvalue weighted by Crippen LogP contribution is 2.19. The average molecular weight is 291 g/mol. The molecular formula is C14H17N3O2S. The predicted molar refractivity (Wildman–Crippen MR) is 82.5 cm³/mol. The smallest absolute Gasteiger partial charge is 0.330 e. The van der Waals surface area contributed by atoms with Gasteiger partial charge in [-0.1, -0.05) is 6.07 Å². The molecule has 1 heterocycles. The third kappa shape index (κ3) is 2.96. The molecule has 0 fully saturated rings. The van der Waals surface area contributed by atoms with Crippen molar-refractivity contribution in [3.63, 3.8) is 0 Å². The number of anilines is 1. The van der Waals surface area contributed by atoms with E-state index in [2.05, 4.69) is 5.32 Å². The Morgan fingerprint density at radius 2 is 1.90 bits per heavy atom. The van der Waals surface area contributed by atoms with Gasteiger partial charge in [0.25, 0.3) is 5.56 Å². The second-order valence-corrected chi connectivity index (χ2v) is 5.34. The van der Waals surface area contributed by atoms with Crippen LogP contribution >= 0.6 is 11.8 Å². The summed E-state index contributed by atoms with van der Waals surface area (Å²) >= 11 is 1.67. The Bertz CT molecular complexity index is 734. The third-order valence-corrected chi connectivity index (χ3v) is 3.89. The number of nitrogens with one attached hydrogen (secondary N) is 1. The summed E-state index contributed by atoms with van der Waals surface area (Å²) in [5, 5.41) is 3.23. The molecule has 2 aromatic rings. The second kappa shape index (κ2) is 6.00. The summed E-state index contributed by atoms with van der Waals surface area (Å²) in [7, 11) is 3.14. The van der Waals surface area contributed by atoms with Gasteiger partial charge in [-0.3, -0.25) is 13.9 Å². The highest BCUT2D eigenvalue weighted by molar-refractivity contribution is 7.98. The van der Waals surface area contributed by atoms with Crippen LogP contribution in [0.25, 0.3) is 0 Å². The fourth-order valence-corrected chi connectivity index (χ4v) is 2.33. The van der Waals surface area contributed by atoms with Crippen molar-refractivity contribution in [2.24, 2.45) is 14.1 Å². The van der Waals surface area contributed by atoms with Gasteiger partial charge in [0.15, 0.2) is 0 Å². The van der Waals surface area contributed by atoms with Crippen LogP contribution in [0.5, 0.6) is 0 Å². The lowest BCUT2D eigenvalue weighted by molar-refractivity contribution is 0.655. The zero-order chi connectivity index (χ0) is 14.7. The van der Waals surface area contributed by atoms with Crippen molar-refractivity contribution in [2.75, 3.05) is 11.6 Å². The zero-order valence-corrected chi connectivity index (χ0v) is 12.5. The molecule has 1 N–H and O–H groups in total. The fraction of sp³-hybridized carbons (Fsp3) is 0.286. The average Bonchev–Trinajstić information content (AvgIpc) is 2.47. The fourth-order valence-electron chi connectivity index (χ4n) is 1.87. The van der Waals surface area contributed by atoms with E-state index in [0.717, 1.165) is 15.1 Å². The molecule has 1 aromatic heterocycles. The Hall–Kier alpha value is -1.95. The number of aromatic nitrogens is 2. The molecule has 0 saturated heterocycles. The van der Waals surface area contributed by atoms with E-state index in [9.17, 15) is 9.59 Å². The van der Waals surface area contributed by atoms with Crippen molar-refractivity contribution in [3.05, 3.63) is 56.9 Å².